The van der Waals surface area contributed by atoms with E-state index in [9.17, 15) is 8.42 Å². The van der Waals surface area contributed by atoms with E-state index in [1.165, 1.54) is 0 Å². The van der Waals surface area contributed by atoms with Crippen LogP contribution in [0, 0.1) is 12.8 Å². The van der Waals surface area contributed by atoms with Gasteiger partial charge in [0.1, 0.15) is 11.9 Å². The molecule has 0 saturated carbocycles. The summed E-state index contributed by atoms with van der Waals surface area (Å²) < 4.78 is 37.6. The van der Waals surface area contributed by atoms with Crippen LogP contribution in [0.25, 0.3) is 0 Å². The molecule has 2 atom stereocenters. The fraction of sp³-hybridized carbons (Fsp3) is 0.667. The quantitative estimate of drug-likeness (QED) is 0.813. The highest BCUT2D eigenvalue weighted by Gasteiger charge is 2.35. The van der Waals surface area contributed by atoms with Crippen molar-refractivity contribution >= 4 is 10.0 Å². The molecule has 6 nitrogen and oxygen atoms in total. The number of ether oxygens (including phenoxy) is 2. The van der Waals surface area contributed by atoms with Crippen molar-refractivity contribution in [2.24, 2.45) is 5.92 Å². The van der Waals surface area contributed by atoms with E-state index in [4.69, 9.17) is 9.47 Å². The molecule has 2 aliphatic rings. The largest absolute Gasteiger partial charge is 0.487 e. The Labute approximate surface area is 131 Å². The lowest BCUT2D eigenvalue weighted by molar-refractivity contribution is 0.188. The maximum absolute atomic E-state index is 12.5. The Kier molecular flexibility index (Phi) is 4.65. The SMILES string of the molecule is Cc1ncccc1O[C@@H]1CCN(S(=O)(=O)C[C@@H]2CCOC2)C1. The predicted octanol–water partition coefficient (Wildman–Crippen LogP) is 1.21. The topological polar surface area (TPSA) is 68.7 Å². The monoisotopic (exact) mass is 326 g/mol. The molecule has 0 N–H and O–H groups in total. The smallest absolute Gasteiger partial charge is 0.214 e. The zero-order chi connectivity index (χ0) is 15.6. The second-order valence-corrected chi connectivity index (χ2v) is 8.00. The third-order valence-corrected chi connectivity index (χ3v) is 6.23. The zero-order valence-electron chi connectivity index (χ0n) is 12.8. The summed E-state index contributed by atoms with van der Waals surface area (Å²) in [4.78, 5) is 4.19. The van der Waals surface area contributed by atoms with E-state index in [1.807, 2.05) is 19.1 Å². The molecule has 0 radical (unpaired) electrons. The van der Waals surface area contributed by atoms with Gasteiger partial charge in [-0.3, -0.25) is 4.98 Å². The molecule has 0 aliphatic carbocycles. The molecule has 1 aromatic rings. The lowest BCUT2D eigenvalue weighted by Gasteiger charge is -2.19. The molecular formula is C15H22N2O4S. The van der Waals surface area contributed by atoms with E-state index in [0.29, 0.717) is 32.7 Å². The highest BCUT2D eigenvalue weighted by Crippen LogP contribution is 2.24. The number of aromatic nitrogens is 1. The predicted molar refractivity (Wildman–Crippen MR) is 82.3 cm³/mol. The summed E-state index contributed by atoms with van der Waals surface area (Å²) >= 11 is 0. The van der Waals surface area contributed by atoms with Crippen LogP contribution >= 0.6 is 0 Å². The van der Waals surface area contributed by atoms with Crippen molar-refractivity contribution < 1.29 is 17.9 Å². The molecule has 2 fully saturated rings. The molecule has 122 valence electrons. The standard InChI is InChI=1S/C15H22N2O4S/c1-12-15(3-2-6-16-12)21-14-4-7-17(9-14)22(18,19)11-13-5-8-20-10-13/h2-3,6,13-14H,4-5,7-11H2,1H3/t13-,14-/m1/s1. The van der Waals surface area contributed by atoms with Crippen LogP contribution in [-0.2, 0) is 14.8 Å². The molecule has 0 amide bonds. The van der Waals surface area contributed by atoms with Gasteiger partial charge in [-0.15, -0.1) is 0 Å². The lowest BCUT2D eigenvalue weighted by Crippen LogP contribution is -2.35. The molecule has 3 rings (SSSR count). The minimum atomic E-state index is -3.22. The zero-order valence-corrected chi connectivity index (χ0v) is 13.6. The summed E-state index contributed by atoms with van der Waals surface area (Å²) in [5.74, 6) is 1.05. The second kappa shape index (κ2) is 6.52. The van der Waals surface area contributed by atoms with Gasteiger partial charge in [0.05, 0.1) is 24.6 Å². The molecule has 0 unspecified atom stereocenters. The molecule has 7 heteroatoms. The molecule has 22 heavy (non-hydrogen) atoms. The normalized spacial score (nSPS) is 26.4. The minimum Gasteiger partial charge on any atom is -0.487 e. The fourth-order valence-electron chi connectivity index (χ4n) is 2.94. The lowest BCUT2D eigenvalue weighted by atomic mass is 10.2. The van der Waals surface area contributed by atoms with Gasteiger partial charge >= 0.3 is 0 Å². The number of aryl methyl sites for hydroxylation is 1. The Bertz CT molecular complexity index is 614. The minimum absolute atomic E-state index is 0.0995. The van der Waals surface area contributed by atoms with Crippen LogP contribution in [0.5, 0.6) is 5.75 Å². The van der Waals surface area contributed by atoms with E-state index in [2.05, 4.69) is 4.98 Å². The van der Waals surface area contributed by atoms with Gasteiger partial charge in [0, 0.05) is 19.3 Å². The highest BCUT2D eigenvalue weighted by molar-refractivity contribution is 7.89. The van der Waals surface area contributed by atoms with E-state index < -0.39 is 10.0 Å². The summed E-state index contributed by atoms with van der Waals surface area (Å²) in [6, 6.07) is 3.70. The van der Waals surface area contributed by atoms with E-state index >= 15 is 0 Å². The maximum atomic E-state index is 12.5. The molecule has 0 spiro atoms. The Morgan fingerprint density at radius 2 is 2.32 bits per heavy atom. The van der Waals surface area contributed by atoms with Crippen molar-refractivity contribution in [2.75, 3.05) is 32.1 Å². The van der Waals surface area contributed by atoms with Crippen LogP contribution in [0.2, 0.25) is 0 Å². The molecule has 2 aliphatic heterocycles. The molecule has 0 bridgehead atoms. The summed E-state index contributed by atoms with van der Waals surface area (Å²) in [5.41, 5.74) is 0.826. The van der Waals surface area contributed by atoms with Crippen molar-refractivity contribution in [2.45, 2.75) is 25.9 Å². The van der Waals surface area contributed by atoms with Gasteiger partial charge < -0.3 is 9.47 Å². The van der Waals surface area contributed by atoms with Crippen LogP contribution in [0.15, 0.2) is 18.3 Å². The molecule has 0 aromatic carbocycles. The van der Waals surface area contributed by atoms with Gasteiger partial charge in [-0.2, -0.15) is 4.31 Å². The summed E-state index contributed by atoms with van der Waals surface area (Å²) in [6.45, 7) is 4.07. The van der Waals surface area contributed by atoms with E-state index in [-0.39, 0.29) is 17.8 Å². The molecule has 2 saturated heterocycles. The third-order valence-electron chi connectivity index (χ3n) is 4.22. The number of rotatable bonds is 5. The van der Waals surface area contributed by atoms with Gasteiger partial charge in [0.25, 0.3) is 0 Å². The summed E-state index contributed by atoms with van der Waals surface area (Å²) in [6.07, 6.45) is 3.17. The van der Waals surface area contributed by atoms with E-state index in [1.54, 1.807) is 10.5 Å². The number of sulfonamides is 1. The summed E-state index contributed by atoms with van der Waals surface area (Å²) in [7, 11) is -3.22. The van der Waals surface area contributed by atoms with Crippen LogP contribution in [-0.4, -0.2) is 55.9 Å². The van der Waals surface area contributed by atoms with Crippen LogP contribution in [0.1, 0.15) is 18.5 Å². The van der Waals surface area contributed by atoms with Gasteiger partial charge in [-0.1, -0.05) is 0 Å². The Morgan fingerprint density at radius 3 is 3.05 bits per heavy atom. The van der Waals surface area contributed by atoms with Crippen molar-refractivity contribution in [3.63, 3.8) is 0 Å². The first-order valence-electron chi connectivity index (χ1n) is 7.68. The maximum Gasteiger partial charge on any atom is 0.214 e. The van der Waals surface area contributed by atoms with Gasteiger partial charge in [-0.25, -0.2) is 8.42 Å². The number of pyridine rings is 1. The van der Waals surface area contributed by atoms with Gasteiger partial charge in [0.2, 0.25) is 10.0 Å². The first kappa shape index (κ1) is 15.7. The van der Waals surface area contributed by atoms with Crippen molar-refractivity contribution in [1.29, 1.82) is 0 Å². The van der Waals surface area contributed by atoms with E-state index in [0.717, 1.165) is 17.9 Å². The number of nitrogens with zero attached hydrogens (tertiary/aromatic N) is 2. The number of hydrogen-bond donors (Lipinski definition) is 0. The Balaban J connectivity index is 1.58. The summed E-state index contributed by atoms with van der Waals surface area (Å²) in [5, 5.41) is 0. The average Bonchev–Trinajstić information content (AvgIpc) is 3.13. The van der Waals surface area contributed by atoms with Crippen molar-refractivity contribution in [3.8, 4) is 5.75 Å². The molecule has 3 heterocycles. The van der Waals surface area contributed by atoms with Crippen molar-refractivity contribution in [1.82, 2.24) is 9.29 Å². The van der Waals surface area contributed by atoms with Gasteiger partial charge in [0.15, 0.2) is 0 Å². The van der Waals surface area contributed by atoms with Crippen LogP contribution < -0.4 is 4.74 Å². The first-order valence-corrected chi connectivity index (χ1v) is 9.29. The Morgan fingerprint density at radius 1 is 1.45 bits per heavy atom. The average molecular weight is 326 g/mol. The Hall–Kier alpha value is -1.18. The first-order chi connectivity index (χ1) is 10.5. The van der Waals surface area contributed by atoms with Crippen molar-refractivity contribution in [3.05, 3.63) is 24.0 Å². The highest BCUT2D eigenvalue weighted by atomic mass is 32.2. The van der Waals surface area contributed by atoms with Crippen LogP contribution in [0.3, 0.4) is 0 Å². The third kappa shape index (κ3) is 3.59. The second-order valence-electron chi connectivity index (χ2n) is 5.98. The number of hydrogen-bond acceptors (Lipinski definition) is 5. The van der Waals surface area contributed by atoms with Gasteiger partial charge in [-0.05, 0) is 37.8 Å². The molecule has 1 aromatic heterocycles. The van der Waals surface area contributed by atoms with Crippen LogP contribution in [0.4, 0.5) is 0 Å². The fourth-order valence-corrected chi connectivity index (χ4v) is 4.78. The molecular weight excluding hydrogens is 304 g/mol.